The number of halogens is 6. The summed E-state index contributed by atoms with van der Waals surface area (Å²) in [5.74, 6) is -4.09. The molecule has 100 heavy (non-hydrogen) atoms. The van der Waals surface area contributed by atoms with E-state index in [1.54, 1.807) is 0 Å². The van der Waals surface area contributed by atoms with Crippen LogP contribution in [0.5, 0.6) is 11.5 Å². The SMILES string of the molecule is O=[N+]([O-])c1cc(Cl)c(N=Nc2c(S(=O)(=O)O)cc3cc(S(=O)(=O)O)cc(Nc4nc(Cl)nc(Nc5ccc(C=Cc6ccc(Nc7nc(Cl)nc(Nc8cc(S(=O)(=O)O)cc9cc(S(=O)(=O)O)c(N=Nc%10c(Cl)cc([N+](=O)[O-])cc%10Cl)c(O)c89)n7)cc6S(=O)(=O)O)cc5)n4)c3c2O)c(Cl)c1. The van der Waals surface area contributed by atoms with Gasteiger partial charge in [0, 0.05) is 46.4 Å². The van der Waals surface area contributed by atoms with Crippen molar-refractivity contribution in [3.63, 3.8) is 0 Å². The second-order valence-electron chi connectivity index (χ2n) is 19.8. The Hall–Kier alpha value is -9.87. The Morgan fingerprint density at radius 2 is 0.750 bits per heavy atom. The number of rotatable bonds is 21. The number of nitro benzene ring substituents is 2. The van der Waals surface area contributed by atoms with Gasteiger partial charge in [0.25, 0.3) is 62.0 Å². The average Bonchev–Trinajstić information content (AvgIpc) is 0.751. The molecule has 10 aromatic rings. The first-order chi connectivity index (χ1) is 46.6. The number of benzene rings is 8. The second-order valence-corrected chi connectivity index (χ2v) is 29.1. The third-order valence-electron chi connectivity index (χ3n) is 13.2. The van der Waals surface area contributed by atoms with Crippen LogP contribution in [0.3, 0.4) is 0 Å². The zero-order chi connectivity index (χ0) is 73.0. The molecular formula is C52H30Cl6N16O21S5. The Morgan fingerprint density at radius 1 is 0.400 bits per heavy atom. The van der Waals surface area contributed by atoms with Crippen LogP contribution in [0.4, 0.5) is 80.7 Å². The number of nitro groups is 2. The number of fused-ring (bicyclic) bond motifs is 2. The molecule has 0 unspecified atom stereocenters. The molecule has 37 nitrogen and oxygen atoms in total. The van der Waals surface area contributed by atoms with Crippen LogP contribution in [0, 0.1) is 20.2 Å². The highest BCUT2D eigenvalue weighted by molar-refractivity contribution is 7.87. The Morgan fingerprint density at radius 3 is 1.11 bits per heavy atom. The van der Waals surface area contributed by atoms with Crippen molar-refractivity contribution in [2.75, 3.05) is 21.3 Å². The molecule has 0 aliphatic carbocycles. The molecule has 0 atom stereocenters. The van der Waals surface area contributed by atoms with E-state index in [9.17, 15) is 95.3 Å². The number of nitrogens with one attached hydrogen (secondary N) is 4. The van der Waals surface area contributed by atoms with E-state index >= 15 is 0 Å². The van der Waals surface area contributed by atoms with Crippen molar-refractivity contribution in [3.05, 3.63) is 165 Å². The summed E-state index contributed by atoms with van der Waals surface area (Å²) in [6.07, 6.45) is 2.72. The number of azo groups is 2. The number of aromatic nitrogens is 6. The molecule has 0 radical (unpaired) electrons. The van der Waals surface area contributed by atoms with Crippen LogP contribution < -0.4 is 21.3 Å². The fourth-order valence-corrected chi connectivity index (χ4v) is 13.5. The lowest BCUT2D eigenvalue weighted by atomic mass is 10.1. The molecule has 8 aromatic carbocycles. The van der Waals surface area contributed by atoms with Crippen molar-refractivity contribution in [1.29, 1.82) is 0 Å². The number of non-ortho nitro benzene ring substituents is 2. The smallest absolute Gasteiger partial charge is 0.296 e. The molecule has 0 aliphatic rings. The Balaban J connectivity index is 0.903. The molecule has 0 spiro atoms. The maximum Gasteiger partial charge on any atom is 0.296 e. The van der Waals surface area contributed by atoms with Crippen molar-refractivity contribution < 1.29 is 84.9 Å². The van der Waals surface area contributed by atoms with Gasteiger partial charge >= 0.3 is 0 Å². The summed E-state index contributed by atoms with van der Waals surface area (Å²) < 4.78 is 177. The van der Waals surface area contributed by atoms with Gasteiger partial charge in [-0.2, -0.15) is 72.0 Å². The molecule has 0 bridgehead atoms. The van der Waals surface area contributed by atoms with Gasteiger partial charge in [-0.15, -0.1) is 20.5 Å². The summed E-state index contributed by atoms with van der Waals surface area (Å²) in [4.78, 5) is 40.3. The zero-order valence-electron chi connectivity index (χ0n) is 48.0. The molecule has 2 aromatic heterocycles. The Labute approximate surface area is 588 Å². The maximum atomic E-state index is 12.9. The quantitative estimate of drug-likeness (QED) is 0.0105. The van der Waals surface area contributed by atoms with Gasteiger partial charge in [-0.05, 0) is 106 Å². The summed E-state index contributed by atoms with van der Waals surface area (Å²) >= 11 is 37.1. The average molecular weight is 1590 g/mol. The van der Waals surface area contributed by atoms with E-state index in [0.717, 1.165) is 48.5 Å². The van der Waals surface area contributed by atoms with Crippen LogP contribution in [0.25, 0.3) is 33.7 Å². The summed E-state index contributed by atoms with van der Waals surface area (Å²) in [6.45, 7) is 0. The van der Waals surface area contributed by atoms with E-state index in [4.69, 9.17) is 69.6 Å². The number of anilines is 8. The fourth-order valence-electron chi connectivity index (χ4n) is 8.97. The molecule has 0 saturated carbocycles. The highest BCUT2D eigenvalue weighted by Crippen LogP contribution is 2.49. The number of aromatic hydroxyl groups is 2. The predicted molar refractivity (Wildman–Crippen MR) is 360 cm³/mol. The van der Waals surface area contributed by atoms with Crippen LogP contribution in [0.1, 0.15) is 11.1 Å². The number of phenolic OH excluding ortho intramolecular Hbond substituents is 2. The second kappa shape index (κ2) is 27.7. The van der Waals surface area contributed by atoms with Gasteiger partial charge < -0.3 is 31.5 Å². The van der Waals surface area contributed by atoms with E-state index in [-0.39, 0.29) is 22.9 Å². The Bertz CT molecular complexity index is 5870. The van der Waals surface area contributed by atoms with Crippen molar-refractivity contribution in [1.82, 2.24) is 29.9 Å². The van der Waals surface area contributed by atoms with Crippen LogP contribution >= 0.6 is 69.6 Å². The molecule has 0 aliphatic heterocycles. The minimum atomic E-state index is -5.40. The van der Waals surface area contributed by atoms with E-state index < -0.39 is 212 Å². The lowest BCUT2D eigenvalue weighted by Crippen LogP contribution is -2.07. The third-order valence-corrected chi connectivity index (χ3v) is 19.0. The molecular weight excluding hydrogens is 1560 g/mol. The first-order valence-corrected chi connectivity index (χ1v) is 35.5. The van der Waals surface area contributed by atoms with Gasteiger partial charge in [0.05, 0.1) is 51.1 Å². The van der Waals surface area contributed by atoms with Crippen molar-refractivity contribution in [3.8, 4) is 11.5 Å². The molecule has 0 amide bonds. The van der Waals surface area contributed by atoms with Gasteiger partial charge in [0.2, 0.25) is 34.4 Å². The molecule has 48 heteroatoms. The van der Waals surface area contributed by atoms with Gasteiger partial charge in [-0.3, -0.25) is 43.0 Å². The van der Waals surface area contributed by atoms with Gasteiger partial charge in [0.1, 0.15) is 37.4 Å². The molecule has 10 rings (SSSR count). The molecule has 11 N–H and O–H groups in total. The van der Waals surface area contributed by atoms with Crippen LogP contribution in [0.15, 0.2) is 148 Å². The van der Waals surface area contributed by atoms with E-state index in [1.165, 1.54) is 48.6 Å². The normalized spacial score (nSPS) is 12.5. The van der Waals surface area contributed by atoms with Gasteiger partial charge in [-0.25, -0.2) is 0 Å². The minimum Gasteiger partial charge on any atom is -0.505 e. The van der Waals surface area contributed by atoms with Crippen LogP contribution in [-0.4, -0.2) is 115 Å². The predicted octanol–water partition coefficient (Wildman–Crippen LogP) is 13.7. The Kier molecular flexibility index (Phi) is 20.2. The van der Waals surface area contributed by atoms with E-state index in [0.29, 0.717) is 23.8 Å². The van der Waals surface area contributed by atoms with E-state index in [1.807, 2.05) is 0 Å². The number of hydrogen-bond acceptors (Lipinski definition) is 30. The third kappa shape index (κ3) is 16.4. The number of phenols is 2. The largest absolute Gasteiger partial charge is 0.505 e. The highest BCUT2D eigenvalue weighted by atomic mass is 35.5. The lowest BCUT2D eigenvalue weighted by molar-refractivity contribution is -0.385. The molecule has 0 fully saturated rings. The summed E-state index contributed by atoms with van der Waals surface area (Å²) in [6, 6.07) is 17.0. The number of nitrogens with zero attached hydrogens (tertiary/aromatic N) is 12. The van der Waals surface area contributed by atoms with Crippen molar-refractivity contribution in [2.45, 2.75) is 24.5 Å². The molecule has 2 heterocycles. The first kappa shape index (κ1) is 72.9. The standard InChI is InChI=1S/C52H30Cl6N16O21S5/c53-30-14-26(73(77)78)15-31(54)41(30)69-71-43-37(99(90,91)92)11-22-9-28(96(81,82)83)18-34(39(22)45(43)75)61-51-65-47(57)63-49(67-51)59-24-6-2-20(3-7-24)1-4-21-5-8-25(13-36(21)98(87,88)89)60-50-64-48(58)66-52(68-50)62-35-19-29(97(84,85)86)10-23-12-38(100(93,94)95)44(46(76)40(23)35)72-70-42-32(55)16-27(74(79)80)17-33(42)56/h1-19,75-76H,(H,81,82,83)(H,84,85,86)(H,87,88,89)(H,90,91,92)(H,93,94,95)(H2,59,61,63,65,67)(H2,60,62,64,66,68). The van der Waals surface area contributed by atoms with Gasteiger partial charge in [-0.1, -0.05) is 76.8 Å². The maximum absolute atomic E-state index is 12.9. The highest BCUT2D eigenvalue weighted by Gasteiger charge is 2.30. The molecule has 0 saturated heterocycles. The summed E-state index contributed by atoms with van der Waals surface area (Å²) in [7, 11) is -26.1. The van der Waals surface area contributed by atoms with Crippen LogP contribution in [0.2, 0.25) is 30.7 Å². The molecule has 516 valence electrons. The summed E-state index contributed by atoms with van der Waals surface area (Å²) in [5.41, 5.74) is -4.65. The first-order valence-electron chi connectivity index (χ1n) is 26.1. The lowest BCUT2D eigenvalue weighted by Gasteiger charge is -2.15. The zero-order valence-corrected chi connectivity index (χ0v) is 56.6. The number of hydrogen-bond donors (Lipinski definition) is 11. The van der Waals surface area contributed by atoms with Crippen molar-refractivity contribution in [2.24, 2.45) is 20.5 Å². The van der Waals surface area contributed by atoms with Gasteiger partial charge in [0.15, 0.2) is 11.5 Å². The topological polar surface area (TPSA) is 573 Å². The van der Waals surface area contributed by atoms with Crippen LogP contribution in [-0.2, 0) is 50.6 Å². The monoisotopic (exact) mass is 1580 g/mol. The van der Waals surface area contributed by atoms with E-state index in [2.05, 4.69) is 71.6 Å². The summed E-state index contributed by atoms with van der Waals surface area (Å²) in [5, 5.41) is 66.6. The minimum absolute atomic E-state index is 0.0914. The fraction of sp³-hybridized carbons (Fsp3) is 0. The van der Waals surface area contributed by atoms with Crippen molar-refractivity contribution >= 4 is 235 Å².